The zero-order valence-electron chi connectivity index (χ0n) is 9.94. The number of benzene rings is 2. The van der Waals surface area contributed by atoms with E-state index < -0.39 is 5.82 Å². The van der Waals surface area contributed by atoms with Crippen LogP contribution >= 0.6 is 0 Å². The van der Waals surface area contributed by atoms with Crippen molar-refractivity contribution in [3.8, 4) is 0 Å². The predicted molar refractivity (Wildman–Crippen MR) is 68.6 cm³/mol. The van der Waals surface area contributed by atoms with Crippen LogP contribution in [0, 0.1) is 5.82 Å². The lowest BCUT2D eigenvalue weighted by Crippen LogP contribution is -2.04. The number of carbonyl (C=O) groups excluding carboxylic acids is 2. The summed E-state index contributed by atoms with van der Waals surface area (Å²) in [6.07, 6.45) is 0.258. The molecule has 0 aliphatic carbocycles. The first kappa shape index (κ1) is 11.6. The van der Waals surface area contributed by atoms with E-state index >= 15 is 0 Å². The summed E-state index contributed by atoms with van der Waals surface area (Å²) in [5, 5.41) is 2.69. The van der Waals surface area contributed by atoms with Crippen LogP contribution in [0.3, 0.4) is 0 Å². The number of carbonyl (C=O) groups is 2. The Hall–Kier alpha value is -2.49. The lowest BCUT2D eigenvalue weighted by Gasteiger charge is -2.04. The Bertz CT molecular complexity index is 694. The summed E-state index contributed by atoms with van der Waals surface area (Å²) in [5.74, 6) is -1.01. The van der Waals surface area contributed by atoms with E-state index in [2.05, 4.69) is 5.32 Å². The second kappa shape index (κ2) is 4.31. The van der Waals surface area contributed by atoms with Gasteiger partial charge in [0.05, 0.1) is 12.0 Å². The summed E-state index contributed by atoms with van der Waals surface area (Å²) >= 11 is 0. The first-order valence-corrected chi connectivity index (χ1v) is 5.87. The molecule has 0 atom stereocenters. The number of amides is 1. The molecule has 0 spiro atoms. The summed E-state index contributed by atoms with van der Waals surface area (Å²) in [5.41, 5.74) is 1.92. The highest BCUT2D eigenvalue weighted by Crippen LogP contribution is 2.25. The Balaban J connectivity index is 2.00. The molecule has 0 saturated carbocycles. The largest absolute Gasteiger partial charge is 0.326 e. The minimum Gasteiger partial charge on any atom is -0.326 e. The van der Waals surface area contributed by atoms with Crippen molar-refractivity contribution in [3.63, 3.8) is 0 Å². The number of ketones is 1. The fourth-order valence-electron chi connectivity index (χ4n) is 2.17. The molecule has 0 unspecified atom stereocenters. The molecule has 0 radical (unpaired) electrons. The summed E-state index contributed by atoms with van der Waals surface area (Å²) in [6.45, 7) is 0. The Morgan fingerprint density at radius 3 is 2.74 bits per heavy atom. The molecule has 1 amide bonds. The molecule has 1 aliphatic rings. The van der Waals surface area contributed by atoms with Crippen LogP contribution in [-0.4, -0.2) is 11.7 Å². The monoisotopic (exact) mass is 255 g/mol. The maximum Gasteiger partial charge on any atom is 0.228 e. The zero-order chi connectivity index (χ0) is 13.4. The molecule has 94 valence electrons. The highest BCUT2D eigenvalue weighted by Gasteiger charge is 2.20. The minimum atomic E-state index is -0.540. The summed E-state index contributed by atoms with van der Waals surface area (Å²) in [7, 11) is 0. The van der Waals surface area contributed by atoms with E-state index in [0.29, 0.717) is 5.56 Å². The van der Waals surface area contributed by atoms with Gasteiger partial charge in [-0.15, -0.1) is 0 Å². The van der Waals surface area contributed by atoms with E-state index in [0.717, 1.165) is 11.3 Å². The van der Waals surface area contributed by atoms with Crippen molar-refractivity contribution in [2.75, 3.05) is 5.32 Å². The number of hydrogen-bond acceptors (Lipinski definition) is 2. The maximum atomic E-state index is 13.6. The van der Waals surface area contributed by atoms with Gasteiger partial charge < -0.3 is 5.32 Å². The van der Waals surface area contributed by atoms with Crippen LogP contribution in [0.4, 0.5) is 10.1 Å². The molecule has 1 heterocycles. The number of rotatable bonds is 2. The SMILES string of the molecule is O=C1Cc2cc(C(=O)c3ccccc3F)ccc2N1. The third kappa shape index (κ3) is 2.01. The van der Waals surface area contributed by atoms with E-state index in [1.165, 1.54) is 18.2 Å². The third-order valence-electron chi connectivity index (χ3n) is 3.11. The number of hydrogen-bond donors (Lipinski definition) is 1. The quantitative estimate of drug-likeness (QED) is 0.838. The van der Waals surface area contributed by atoms with Crippen molar-refractivity contribution in [2.45, 2.75) is 6.42 Å². The van der Waals surface area contributed by atoms with Gasteiger partial charge in [0.2, 0.25) is 5.91 Å². The molecule has 0 fully saturated rings. The lowest BCUT2D eigenvalue weighted by atomic mass is 10.00. The highest BCUT2D eigenvalue weighted by atomic mass is 19.1. The Morgan fingerprint density at radius 2 is 1.95 bits per heavy atom. The molecule has 2 aromatic carbocycles. The van der Waals surface area contributed by atoms with Crippen LogP contribution in [0.5, 0.6) is 0 Å². The average molecular weight is 255 g/mol. The topological polar surface area (TPSA) is 46.2 Å². The molecule has 3 nitrogen and oxygen atoms in total. The van der Waals surface area contributed by atoms with Crippen LogP contribution in [-0.2, 0) is 11.2 Å². The van der Waals surface area contributed by atoms with Crippen molar-refractivity contribution in [2.24, 2.45) is 0 Å². The lowest BCUT2D eigenvalue weighted by molar-refractivity contribution is -0.115. The summed E-state index contributed by atoms with van der Waals surface area (Å²) < 4.78 is 13.6. The van der Waals surface area contributed by atoms with Gasteiger partial charge in [-0.1, -0.05) is 12.1 Å². The molecular weight excluding hydrogens is 245 g/mol. The molecule has 1 aliphatic heterocycles. The van der Waals surface area contributed by atoms with E-state index in [9.17, 15) is 14.0 Å². The van der Waals surface area contributed by atoms with Crippen molar-refractivity contribution >= 4 is 17.4 Å². The van der Waals surface area contributed by atoms with E-state index in [-0.39, 0.29) is 23.7 Å². The van der Waals surface area contributed by atoms with Gasteiger partial charge in [-0.25, -0.2) is 4.39 Å². The van der Waals surface area contributed by atoms with Gasteiger partial charge in [-0.3, -0.25) is 9.59 Å². The molecule has 0 saturated heterocycles. The van der Waals surface area contributed by atoms with Gasteiger partial charge in [-0.05, 0) is 35.9 Å². The number of anilines is 1. The fourth-order valence-corrected chi connectivity index (χ4v) is 2.17. The van der Waals surface area contributed by atoms with Crippen LogP contribution in [0.2, 0.25) is 0 Å². The Morgan fingerprint density at radius 1 is 1.16 bits per heavy atom. The van der Waals surface area contributed by atoms with Crippen LogP contribution in [0.25, 0.3) is 0 Å². The smallest absolute Gasteiger partial charge is 0.228 e. The minimum absolute atomic E-state index is 0.0414. The third-order valence-corrected chi connectivity index (χ3v) is 3.11. The normalized spacial score (nSPS) is 13.0. The molecule has 19 heavy (non-hydrogen) atoms. The second-order valence-electron chi connectivity index (χ2n) is 4.41. The van der Waals surface area contributed by atoms with Gasteiger partial charge in [0.25, 0.3) is 0 Å². The molecule has 3 rings (SSSR count). The number of fused-ring (bicyclic) bond motifs is 1. The molecule has 0 aromatic heterocycles. The highest BCUT2D eigenvalue weighted by molar-refractivity contribution is 6.10. The van der Waals surface area contributed by atoms with Crippen LogP contribution in [0.15, 0.2) is 42.5 Å². The molecule has 1 N–H and O–H groups in total. The fraction of sp³-hybridized carbons (Fsp3) is 0.0667. The van der Waals surface area contributed by atoms with Crippen LogP contribution < -0.4 is 5.32 Å². The van der Waals surface area contributed by atoms with E-state index in [1.54, 1.807) is 24.3 Å². The predicted octanol–water partition coefficient (Wildman–Crippen LogP) is 2.55. The summed E-state index contributed by atoms with van der Waals surface area (Å²) in [6, 6.07) is 10.8. The van der Waals surface area contributed by atoms with Crippen molar-refractivity contribution in [1.82, 2.24) is 0 Å². The maximum absolute atomic E-state index is 13.6. The summed E-state index contributed by atoms with van der Waals surface area (Å²) in [4.78, 5) is 23.5. The first-order valence-electron chi connectivity index (χ1n) is 5.87. The average Bonchev–Trinajstić information content (AvgIpc) is 2.77. The Kier molecular flexibility index (Phi) is 2.63. The van der Waals surface area contributed by atoms with Gasteiger partial charge in [0.15, 0.2) is 5.78 Å². The second-order valence-corrected chi connectivity index (χ2v) is 4.41. The van der Waals surface area contributed by atoms with Crippen LogP contribution in [0.1, 0.15) is 21.5 Å². The van der Waals surface area contributed by atoms with E-state index in [4.69, 9.17) is 0 Å². The van der Waals surface area contributed by atoms with Crippen molar-refractivity contribution in [3.05, 3.63) is 65.0 Å². The van der Waals surface area contributed by atoms with Gasteiger partial charge >= 0.3 is 0 Å². The molecule has 2 aromatic rings. The standard InChI is InChI=1S/C15H10FNO2/c16-12-4-2-1-3-11(12)15(19)9-5-6-13-10(7-9)8-14(18)17-13/h1-7H,8H2,(H,17,18). The number of halogens is 1. The molecule has 4 heteroatoms. The molecular formula is C15H10FNO2. The van der Waals surface area contributed by atoms with E-state index in [1.807, 2.05) is 0 Å². The number of nitrogens with one attached hydrogen (secondary N) is 1. The zero-order valence-corrected chi connectivity index (χ0v) is 9.94. The Labute approximate surface area is 109 Å². The van der Waals surface area contributed by atoms with Gasteiger partial charge in [0.1, 0.15) is 5.82 Å². The molecule has 0 bridgehead atoms. The van der Waals surface area contributed by atoms with Gasteiger partial charge in [0, 0.05) is 11.3 Å². The van der Waals surface area contributed by atoms with Gasteiger partial charge in [-0.2, -0.15) is 0 Å². The van der Waals surface area contributed by atoms with Crippen molar-refractivity contribution in [1.29, 1.82) is 0 Å². The first-order chi connectivity index (χ1) is 9.15. The van der Waals surface area contributed by atoms with Crippen molar-refractivity contribution < 1.29 is 14.0 Å².